The van der Waals surface area contributed by atoms with Crippen molar-refractivity contribution in [2.45, 2.75) is 13.0 Å². The number of anilines is 1. The van der Waals surface area contributed by atoms with Gasteiger partial charge in [-0.2, -0.15) is 0 Å². The molecule has 0 bridgehead atoms. The summed E-state index contributed by atoms with van der Waals surface area (Å²) in [6.07, 6.45) is 2.27. The number of hydrogen-bond donors (Lipinski definition) is 3. The summed E-state index contributed by atoms with van der Waals surface area (Å²) in [6, 6.07) is -0.189. The van der Waals surface area contributed by atoms with Crippen LogP contribution < -0.4 is 5.73 Å². The number of rotatable bonds is 5. The van der Waals surface area contributed by atoms with E-state index in [2.05, 4.69) is 15.0 Å². The summed E-state index contributed by atoms with van der Waals surface area (Å²) in [5.74, 6) is 0.284. The summed E-state index contributed by atoms with van der Waals surface area (Å²) < 4.78 is 17.4. The number of hydrogen-bond acceptors (Lipinski definition) is 6. The van der Waals surface area contributed by atoms with Gasteiger partial charge in [-0.25, -0.2) is 15.0 Å². The van der Waals surface area contributed by atoms with Crippen LogP contribution in [-0.2, 0) is 9.30 Å². The van der Waals surface area contributed by atoms with Crippen LogP contribution >= 0.6 is 7.60 Å². The van der Waals surface area contributed by atoms with Crippen molar-refractivity contribution < 1.29 is 19.1 Å². The van der Waals surface area contributed by atoms with Crippen LogP contribution in [0.1, 0.15) is 13.0 Å². The smallest absolute Gasteiger partial charge is 0.350 e. The zero-order valence-electron chi connectivity index (χ0n) is 11.2. The fourth-order valence-corrected chi connectivity index (χ4v) is 1.96. The van der Waals surface area contributed by atoms with E-state index in [-0.39, 0.29) is 48.0 Å². The average Bonchev–Trinajstić information content (AvgIpc) is 2.72. The minimum absolute atomic E-state index is 0. The Balaban J connectivity index is 0.00000200. The molecule has 1 radical (unpaired) electrons. The topological polar surface area (TPSA) is 136 Å². The van der Waals surface area contributed by atoms with Gasteiger partial charge in [0.15, 0.2) is 11.5 Å². The molecule has 9 nitrogen and oxygen atoms in total. The SMILES string of the molecule is C[C@@H](COCP(=O)(O)O)n1cnc2c(N)ncnc21.[Na]. The van der Waals surface area contributed by atoms with Crippen molar-refractivity contribution in [1.29, 1.82) is 0 Å². The number of imidazole rings is 1. The van der Waals surface area contributed by atoms with E-state index in [0.29, 0.717) is 11.2 Å². The molecular formula is C9H14N5NaO4P. The van der Waals surface area contributed by atoms with Gasteiger partial charge in [0, 0.05) is 29.6 Å². The molecule has 0 aliphatic carbocycles. The Kier molecular flexibility index (Phi) is 6.08. The molecule has 0 fully saturated rings. The first-order valence-corrected chi connectivity index (χ1v) is 7.23. The van der Waals surface area contributed by atoms with Crippen molar-refractivity contribution in [1.82, 2.24) is 19.5 Å². The molecule has 105 valence electrons. The molecule has 0 unspecified atom stereocenters. The molecule has 11 heteroatoms. The molecule has 0 saturated carbocycles. The first-order chi connectivity index (χ1) is 8.88. The van der Waals surface area contributed by atoms with Crippen LogP contribution in [0.5, 0.6) is 0 Å². The van der Waals surface area contributed by atoms with Crippen LogP contribution in [0.15, 0.2) is 12.7 Å². The van der Waals surface area contributed by atoms with Gasteiger partial charge in [0.25, 0.3) is 0 Å². The van der Waals surface area contributed by atoms with Gasteiger partial charge in [-0.15, -0.1) is 0 Å². The van der Waals surface area contributed by atoms with Crippen LogP contribution in [0.2, 0.25) is 0 Å². The maximum absolute atomic E-state index is 10.7. The minimum atomic E-state index is -4.15. The summed E-state index contributed by atoms with van der Waals surface area (Å²) >= 11 is 0. The van der Waals surface area contributed by atoms with Gasteiger partial charge >= 0.3 is 7.60 Å². The van der Waals surface area contributed by atoms with Crippen molar-refractivity contribution >= 4 is 54.1 Å². The number of fused-ring (bicyclic) bond motifs is 1. The summed E-state index contributed by atoms with van der Waals surface area (Å²) in [5, 5.41) is 0. The van der Waals surface area contributed by atoms with Crippen LogP contribution in [-0.4, -0.2) is 71.8 Å². The second kappa shape index (κ2) is 6.95. The first-order valence-electron chi connectivity index (χ1n) is 5.44. The van der Waals surface area contributed by atoms with Gasteiger partial charge in [0.1, 0.15) is 18.2 Å². The van der Waals surface area contributed by atoms with Crippen LogP contribution in [0, 0.1) is 0 Å². The van der Waals surface area contributed by atoms with Gasteiger partial charge in [-0.1, -0.05) is 0 Å². The fraction of sp³-hybridized carbons (Fsp3) is 0.444. The molecule has 2 aromatic rings. The standard InChI is InChI=1S/C9H14N5O4P.Na/c1-6(2-18-5-19(15,16)17)14-4-13-7-8(10)11-3-12-9(7)14;/h3-4,6H,2,5H2,1H3,(H2,10,11,12)(H2,15,16,17);/t6-;/m0./s1. The molecule has 0 aliphatic rings. The van der Waals surface area contributed by atoms with Gasteiger partial charge in [-0.3, -0.25) is 4.57 Å². The second-order valence-corrected chi connectivity index (χ2v) is 5.68. The molecule has 4 N–H and O–H groups in total. The molecule has 0 saturated heterocycles. The molecular weight excluding hydrogens is 296 g/mol. The largest absolute Gasteiger partial charge is 0.382 e. The molecule has 0 spiro atoms. The molecule has 0 amide bonds. The number of ether oxygens (including phenoxy) is 1. The zero-order chi connectivity index (χ0) is 14.0. The van der Waals surface area contributed by atoms with Crippen LogP contribution in [0.3, 0.4) is 0 Å². The van der Waals surface area contributed by atoms with Crippen molar-refractivity contribution in [2.24, 2.45) is 0 Å². The van der Waals surface area contributed by atoms with Crippen LogP contribution in [0.4, 0.5) is 5.82 Å². The van der Waals surface area contributed by atoms with Gasteiger partial charge in [0.2, 0.25) is 0 Å². The van der Waals surface area contributed by atoms with E-state index in [4.69, 9.17) is 20.3 Å². The Morgan fingerprint density at radius 2 is 2.15 bits per heavy atom. The van der Waals surface area contributed by atoms with Gasteiger partial charge in [0.05, 0.1) is 19.0 Å². The monoisotopic (exact) mass is 310 g/mol. The Bertz CT molecular complexity index is 630. The molecule has 0 aromatic carbocycles. The normalized spacial score (nSPS) is 13.2. The maximum atomic E-state index is 10.7. The van der Waals surface area contributed by atoms with Crippen molar-refractivity contribution in [3.05, 3.63) is 12.7 Å². The van der Waals surface area contributed by atoms with Crippen LogP contribution in [0.25, 0.3) is 11.2 Å². The number of nitrogen functional groups attached to an aromatic ring is 1. The van der Waals surface area contributed by atoms with Crippen molar-refractivity contribution in [3.63, 3.8) is 0 Å². The Morgan fingerprint density at radius 1 is 1.45 bits per heavy atom. The summed E-state index contributed by atoms with van der Waals surface area (Å²) in [7, 11) is -4.15. The Morgan fingerprint density at radius 3 is 2.80 bits per heavy atom. The Hall–Kier alpha value is -0.540. The Labute approximate surface area is 137 Å². The summed E-state index contributed by atoms with van der Waals surface area (Å²) in [6.45, 7) is 1.94. The first kappa shape index (κ1) is 17.5. The van der Waals surface area contributed by atoms with Crippen molar-refractivity contribution in [2.75, 3.05) is 18.7 Å². The number of aromatic nitrogens is 4. The maximum Gasteiger partial charge on any atom is 0.350 e. The molecule has 2 aromatic heterocycles. The van der Waals surface area contributed by atoms with E-state index in [0.717, 1.165) is 0 Å². The molecule has 2 heterocycles. The molecule has 0 aliphatic heterocycles. The van der Waals surface area contributed by atoms with E-state index in [9.17, 15) is 4.57 Å². The summed E-state index contributed by atoms with van der Waals surface area (Å²) in [4.78, 5) is 29.4. The second-order valence-electron chi connectivity index (χ2n) is 4.10. The van der Waals surface area contributed by atoms with E-state index in [1.54, 1.807) is 10.9 Å². The summed E-state index contributed by atoms with van der Waals surface area (Å²) in [5.41, 5.74) is 6.71. The third-order valence-corrected chi connectivity index (χ3v) is 3.00. The van der Waals surface area contributed by atoms with E-state index >= 15 is 0 Å². The van der Waals surface area contributed by atoms with Crippen molar-refractivity contribution in [3.8, 4) is 0 Å². The minimum Gasteiger partial charge on any atom is -0.382 e. The number of nitrogens with two attached hydrogens (primary N) is 1. The zero-order valence-corrected chi connectivity index (χ0v) is 14.1. The third-order valence-electron chi connectivity index (χ3n) is 2.48. The predicted molar refractivity (Wildman–Crippen MR) is 73.1 cm³/mol. The van der Waals surface area contributed by atoms with E-state index < -0.39 is 13.9 Å². The van der Waals surface area contributed by atoms with Gasteiger partial charge < -0.3 is 24.8 Å². The predicted octanol–water partition coefficient (Wildman–Crippen LogP) is -0.260. The number of nitrogens with zero attached hydrogens (tertiary/aromatic N) is 4. The molecule has 1 atom stereocenters. The third kappa shape index (κ3) is 4.23. The van der Waals surface area contributed by atoms with E-state index in [1.807, 2.05) is 6.92 Å². The fourth-order valence-electron chi connectivity index (χ4n) is 1.62. The molecule has 2 rings (SSSR count). The average molecular weight is 310 g/mol. The molecule has 20 heavy (non-hydrogen) atoms. The van der Waals surface area contributed by atoms with Gasteiger partial charge in [-0.05, 0) is 6.92 Å². The van der Waals surface area contributed by atoms with E-state index in [1.165, 1.54) is 6.33 Å². The quantitative estimate of drug-likeness (QED) is 0.507.